The van der Waals surface area contributed by atoms with Gasteiger partial charge in [-0.15, -0.1) is 0 Å². The van der Waals surface area contributed by atoms with Gasteiger partial charge in [0, 0.05) is 12.6 Å². The van der Waals surface area contributed by atoms with Crippen LogP contribution < -0.4 is 0 Å². The van der Waals surface area contributed by atoms with E-state index in [2.05, 4.69) is 0 Å². The molecule has 0 fully saturated rings. The average molecular weight is 253 g/mol. The Balaban J connectivity index is 2.80. The molecule has 0 aliphatic heterocycles. The molecule has 0 heterocycles. The summed E-state index contributed by atoms with van der Waals surface area (Å²) in [4.78, 5) is 12.8. The Labute approximate surface area is 107 Å². The summed E-state index contributed by atoms with van der Waals surface area (Å²) in [5.41, 5.74) is 0.887. The van der Waals surface area contributed by atoms with Gasteiger partial charge >= 0.3 is 5.97 Å². The number of hydrogen-bond acceptors (Lipinski definition) is 2. The van der Waals surface area contributed by atoms with E-state index in [1.807, 2.05) is 24.9 Å². The van der Waals surface area contributed by atoms with Crippen molar-refractivity contribution in [2.75, 3.05) is 13.6 Å². The van der Waals surface area contributed by atoms with Crippen molar-refractivity contribution in [2.24, 2.45) is 5.92 Å². The standard InChI is InChI=1S/C14H20FNO2/c1-4-13(11-6-5-7-12(15)8-11)16(3)9-10(2)14(17)18/h5-8,10,13H,4,9H2,1-3H3,(H,17,18). The molecule has 3 nitrogen and oxygen atoms in total. The lowest BCUT2D eigenvalue weighted by atomic mass is 10.0. The Morgan fingerprint density at radius 2 is 2.17 bits per heavy atom. The molecule has 0 saturated heterocycles. The van der Waals surface area contributed by atoms with Gasteiger partial charge in [-0.05, 0) is 31.2 Å². The second kappa shape index (κ2) is 6.50. The highest BCUT2D eigenvalue weighted by Gasteiger charge is 2.20. The van der Waals surface area contributed by atoms with Crippen molar-refractivity contribution in [3.05, 3.63) is 35.6 Å². The second-order valence-electron chi connectivity index (χ2n) is 4.66. The molecule has 0 bridgehead atoms. The molecule has 4 heteroatoms. The first-order valence-electron chi connectivity index (χ1n) is 6.14. The van der Waals surface area contributed by atoms with E-state index in [1.165, 1.54) is 12.1 Å². The fraction of sp³-hybridized carbons (Fsp3) is 0.500. The Kier molecular flexibility index (Phi) is 5.28. The molecule has 0 amide bonds. The van der Waals surface area contributed by atoms with E-state index < -0.39 is 11.9 Å². The Hall–Kier alpha value is -1.42. The Morgan fingerprint density at radius 1 is 1.50 bits per heavy atom. The van der Waals surface area contributed by atoms with Gasteiger partial charge in [0.2, 0.25) is 0 Å². The first-order valence-corrected chi connectivity index (χ1v) is 6.14. The zero-order valence-corrected chi connectivity index (χ0v) is 11.1. The fourth-order valence-corrected chi connectivity index (χ4v) is 2.15. The van der Waals surface area contributed by atoms with Crippen LogP contribution in [0.2, 0.25) is 0 Å². The smallest absolute Gasteiger partial charge is 0.307 e. The van der Waals surface area contributed by atoms with Crippen LogP contribution in [-0.2, 0) is 4.79 Å². The maximum Gasteiger partial charge on any atom is 0.307 e. The molecule has 1 aromatic rings. The van der Waals surface area contributed by atoms with E-state index in [4.69, 9.17) is 5.11 Å². The van der Waals surface area contributed by atoms with Crippen molar-refractivity contribution in [1.29, 1.82) is 0 Å². The molecule has 2 unspecified atom stereocenters. The number of hydrogen-bond donors (Lipinski definition) is 1. The minimum atomic E-state index is -0.809. The third-order valence-electron chi connectivity index (χ3n) is 3.14. The van der Waals surface area contributed by atoms with Gasteiger partial charge < -0.3 is 5.11 Å². The maximum atomic E-state index is 13.2. The molecule has 0 aliphatic carbocycles. The largest absolute Gasteiger partial charge is 0.481 e. The van der Waals surface area contributed by atoms with E-state index in [-0.39, 0.29) is 11.9 Å². The van der Waals surface area contributed by atoms with Crippen LogP contribution in [0.25, 0.3) is 0 Å². The highest BCUT2D eigenvalue weighted by Crippen LogP contribution is 2.24. The SMILES string of the molecule is CCC(c1cccc(F)c1)N(C)CC(C)C(=O)O. The lowest BCUT2D eigenvalue weighted by Gasteiger charge is -2.28. The first-order chi connectivity index (χ1) is 8.45. The minimum absolute atomic E-state index is 0.0440. The summed E-state index contributed by atoms with van der Waals surface area (Å²) in [5.74, 6) is -1.50. The van der Waals surface area contributed by atoms with Crippen LogP contribution in [0, 0.1) is 11.7 Å². The summed E-state index contributed by atoms with van der Waals surface area (Å²) < 4.78 is 13.2. The molecule has 0 aliphatic rings. The molecular formula is C14H20FNO2. The summed E-state index contributed by atoms with van der Waals surface area (Å²) in [5, 5.41) is 8.91. The number of carboxylic acids is 1. The molecule has 100 valence electrons. The molecule has 0 spiro atoms. The predicted octanol–water partition coefficient (Wildman–Crippen LogP) is 2.93. The zero-order chi connectivity index (χ0) is 13.7. The van der Waals surface area contributed by atoms with Gasteiger partial charge in [0.25, 0.3) is 0 Å². The maximum absolute atomic E-state index is 13.2. The number of benzene rings is 1. The summed E-state index contributed by atoms with van der Waals surface area (Å²) in [6.07, 6.45) is 0.812. The summed E-state index contributed by atoms with van der Waals surface area (Å²) >= 11 is 0. The van der Waals surface area contributed by atoms with Crippen molar-refractivity contribution in [2.45, 2.75) is 26.3 Å². The number of aliphatic carboxylic acids is 1. The van der Waals surface area contributed by atoms with Crippen LogP contribution in [-0.4, -0.2) is 29.6 Å². The molecule has 18 heavy (non-hydrogen) atoms. The van der Waals surface area contributed by atoms with Crippen LogP contribution in [0.1, 0.15) is 31.9 Å². The van der Waals surface area contributed by atoms with E-state index in [1.54, 1.807) is 13.0 Å². The van der Waals surface area contributed by atoms with Crippen LogP contribution in [0.4, 0.5) is 4.39 Å². The van der Waals surface area contributed by atoms with E-state index in [0.717, 1.165) is 12.0 Å². The molecular weight excluding hydrogens is 233 g/mol. The molecule has 1 N–H and O–H groups in total. The summed E-state index contributed by atoms with van der Waals surface area (Å²) in [6.45, 7) is 4.14. The Morgan fingerprint density at radius 3 is 2.67 bits per heavy atom. The van der Waals surface area contributed by atoms with E-state index in [9.17, 15) is 9.18 Å². The van der Waals surface area contributed by atoms with Gasteiger partial charge in [-0.1, -0.05) is 26.0 Å². The zero-order valence-electron chi connectivity index (χ0n) is 11.1. The van der Waals surface area contributed by atoms with E-state index >= 15 is 0 Å². The number of carbonyl (C=O) groups is 1. The number of rotatable bonds is 6. The first kappa shape index (κ1) is 14.6. The topological polar surface area (TPSA) is 40.5 Å². The molecule has 0 radical (unpaired) electrons. The molecule has 1 aromatic carbocycles. The normalized spacial score (nSPS) is 14.5. The third kappa shape index (κ3) is 3.81. The fourth-order valence-electron chi connectivity index (χ4n) is 2.15. The van der Waals surface area contributed by atoms with Crippen molar-refractivity contribution >= 4 is 5.97 Å². The van der Waals surface area contributed by atoms with Gasteiger partial charge in [-0.25, -0.2) is 4.39 Å². The van der Waals surface area contributed by atoms with Gasteiger partial charge in [-0.3, -0.25) is 9.69 Å². The van der Waals surface area contributed by atoms with Crippen molar-refractivity contribution in [3.8, 4) is 0 Å². The number of nitrogens with zero attached hydrogens (tertiary/aromatic N) is 1. The number of carboxylic acid groups (broad SMARTS) is 1. The van der Waals surface area contributed by atoms with Crippen LogP contribution in [0.3, 0.4) is 0 Å². The molecule has 0 saturated carbocycles. The second-order valence-corrected chi connectivity index (χ2v) is 4.66. The van der Waals surface area contributed by atoms with Crippen molar-refractivity contribution in [1.82, 2.24) is 4.90 Å². The molecule has 2 atom stereocenters. The quantitative estimate of drug-likeness (QED) is 0.847. The minimum Gasteiger partial charge on any atom is -0.481 e. The van der Waals surface area contributed by atoms with Gasteiger partial charge in [0.1, 0.15) is 5.82 Å². The highest BCUT2D eigenvalue weighted by molar-refractivity contribution is 5.69. The monoisotopic (exact) mass is 253 g/mol. The summed E-state index contributed by atoms with van der Waals surface area (Å²) in [7, 11) is 1.87. The average Bonchev–Trinajstić information content (AvgIpc) is 2.29. The Bertz CT molecular complexity index is 409. The van der Waals surface area contributed by atoms with Crippen LogP contribution in [0.15, 0.2) is 24.3 Å². The lowest BCUT2D eigenvalue weighted by molar-refractivity contribution is -0.141. The lowest BCUT2D eigenvalue weighted by Crippen LogP contribution is -2.31. The van der Waals surface area contributed by atoms with Gasteiger partial charge in [0.05, 0.1) is 5.92 Å². The van der Waals surface area contributed by atoms with Crippen molar-refractivity contribution in [3.63, 3.8) is 0 Å². The number of halogens is 1. The molecule has 0 aromatic heterocycles. The third-order valence-corrected chi connectivity index (χ3v) is 3.14. The van der Waals surface area contributed by atoms with Crippen LogP contribution in [0.5, 0.6) is 0 Å². The predicted molar refractivity (Wildman–Crippen MR) is 68.9 cm³/mol. The van der Waals surface area contributed by atoms with Crippen LogP contribution >= 0.6 is 0 Å². The summed E-state index contributed by atoms with van der Waals surface area (Å²) in [6, 6.07) is 6.52. The molecule has 1 rings (SSSR count). The van der Waals surface area contributed by atoms with Crippen molar-refractivity contribution < 1.29 is 14.3 Å². The van der Waals surface area contributed by atoms with Gasteiger partial charge in [0.15, 0.2) is 0 Å². The van der Waals surface area contributed by atoms with Gasteiger partial charge in [-0.2, -0.15) is 0 Å². The highest BCUT2D eigenvalue weighted by atomic mass is 19.1. The van der Waals surface area contributed by atoms with E-state index in [0.29, 0.717) is 6.54 Å².